The standard InChI is InChI=1S/C11H14ClN5O2/c1-17-11(18)8(5-9(12)16-17)15-10(13)4-7-6-19-3-2-14-7/h4-5,14H,2-3,6H2,1H3,(H2,13,15)/b7-4-. The molecule has 0 aromatic carbocycles. The first-order chi connectivity index (χ1) is 9.06. The van der Waals surface area contributed by atoms with Crippen LogP contribution in [0.5, 0.6) is 0 Å². The van der Waals surface area contributed by atoms with Crippen molar-refractivity contribution in [3.8, 4) is 0 Å². The lowest BCUT2D eigenvalue weighted by atomic mass is 10.3. The maximum Gasteiger partial charge on any atom is 0.292 e. The van der Waals surface area contributed by atoms with Gasteiger partial charge < -0.3 is 15.8 Å². The van der Waals surface area contributed by atoms with Crippen LogP contribution in [0.2, 0.25) is 5.15 Å². The molecule has 7 nitrogen and oxygen atoms in total. The van der Waals surface area contributed by atoms with Gasteiger partial charge in [-0.05, 0) is 0 Å². The molecule has 0 aliphatic carbocycles. The molecule has 2 rings (SSSR count). The highest BCUT2D eigenvalue weighted by atomic mass is 35.5. The van der Waals surface area contributed by atoms with Crippen molar-refractivity contribution in [1.82, 2.24) is 15.1 Å². The largest absolute Gasteiger partial charge is 0.384 e. The van der Waals surface area contributed by atoms with Gasteiger partial charge in [-0.25, -0.2) is 9.67 Å². The predicted molar refractivity (Wildman–Crippen MR) is 72.7 cm³/mol. The summed E-state index contributed by atoms with van der Waals surface area (Å²) in [6.07, 6.45) is 1.63. The van der Waals surface area contributed by atoms with E-state index in [4.69, 9.17) is 22.1 Å². The smallest absolute Gasteiger partial charge is 0.292 e. The maximum absolute atomic E-state index is 11.8. The molecule has 1 aliphatic heterocycles. The zero-order valence-electron chi connectivity index (χ0n) is 10.4. The third kappa shape index (κ3) is 3.55. The third-order valence-corrected chi connectivity index (χ3v) is 2.63. The van der Waals surface area contributed by atoms with Gasteiger partial charge in [0.2, 0.25) is 0 Å². The Hall–Kier alpha value is -1.86. The van der Waals surface area contributed by atoms with E-state index in [1.165, 1.54) is 13.1 Å². The monoisotopic (exact) mass is 283 g/mol. The van der Waals surface area contributed by atoms with Gasteiger partial charge in [-0.15, -0.1) is 0 Å². The first kappa shape index (κ1) is 13.6. The SMILES string of the molecule is Cn1nc(Cl)cc(N=C(N)/C=C2/COCCN2)c1=O. The van der Waals surface area contributed by atoms with Crippen LogP contribution >= 0.6 is 11.6 Å². The number of hydrogen-bond donors (Lipinski definition) is 2. The maximum atomic E-state index is 11.8. The van der Waals surface area contributed by atoms with E-state index in [9.17, 15) is 4.79 Å². The lowest BCUT2D eigenvalue weighted by molar-refractivity contribution is 0.132. The van der Waals surface area contributed by atoms with Gasteiger partial charge in [0, 0.05) is 31.4 Å². The minimum Gasteiger partial charge on any atom is -0.384 e. The van der Waals surface area contributed by atoms with Crippen LogP contribution in [0.3, 0.4) is 0 Å². The fourth-order valence-electron chi connectivity index (χ4n) is 1.60. The van der Waals surface area contributed by atoms with Crippen LogP contribution in [0.4, 0.5) is 5.69 Å². The van der Waals surface area contributed by atoms with E-state index in [2.05, 4.69) is 15.4 Å². The van der Waals surface area contributed by atoms with Crippen LogP contribution in [0.25, 0.3) is 0 Å². The number of nitrogens with two attached hydrogens (primary N) is 1. The minimum atomic E-state index is -0.362. The topological polar surface area (TPSA) is 94.5 Å². The fourth-order valence-corrected chi connectivity index (χ4v) is 1.81. The Bertz CT molecular complexity index is 585. The van der Waals surface area contributed by atoms with Crippen LogP contribution in [-0.2, 0) is 11.8 Å². The summed E-state index contributed by atoms with van der Waals surface area (Å²) in [5.74, 6) is 0.201. The molecule has 1 aromatic rings. The molecule has 0 amide bonds. The number of nitrogens with one attached hydrogen (secondary N) is 1. The fraction of sp³-hybridized carbons (Fsp3) is 0.364. The van der Waals surface area contributed by atoms with Crippen molar-refractivity contribution in [3.63, 3.8) is 0 Å². The lowest BCUT2D eigenvalue weighted by Gasteiger charge is -2.17. The molecule has 1 saturated heterocycles. The molecule has 2 heterocycles. The molecule has 0 atom stereocenters. The molecule has 0 radical (unpaired) electrons. The van der Waals surface area contributed by atoms with Crippen molar-refractivity contribution in [2.24, 2.45) is 17.8 Å². The minimum absolute atomic E-state index is 0.147. The van der Waals surface area contributed by atoms with E-state index < -0.39 is 0 Å². The number of aryl methyl sites for hydroxylation is 1. The molecule has 102 valence electrons. The molecule has 3 N–H and O–H groups in total. The second-order valence-corrected chi connectivity index (χ2v) is 4.35. The quantitative estimate of drug-likeness (QED) is 0.585. The van der Waals surface area contributed by atoms with Crippen molar-refractivity contribution in [2.75, 3.05) is 19.8 Å². The highest BCUT2D eigenvalue weighted by Crippen LogP contribution is 2.10. The summed E-state index contributed by atoms with van der Waals surface area (Å²) >= 11 is 5.77. The second-order valence-electron chi connectivity index (χ2n) is 3.97. The number of aromatic nitrogens is 2. The van der Waals surface area contributed by atoms with Gasteiger partial charge >= 0.3 is 0 Å². The van der Waals surface area contributed by atoms with Crippen LogP contribution in [0.1, 0.15) is 0 Å². The van der Waals surface area contributed by atoms with Crippen molar-refractivity contribution in [2.45, 2.75) is 0 Å². The van der Waals surface area contributed by atoms with Gasteiger partial charge in [-0.1, -0.05) is 11.6 Å². The Morgan fingerprint density at radius 2 is 2.53 bits per heavy atom. The van der Waals surface area contributed by atoms with Gasteiger partial charge in [0.1, 0.15) is 11.5 Å². The molecule has 19 heavy (non-hydrogen) atoms. The Kier molecular flexibility index (Phi) is 4.18. The number of halogens is 1. The molecule has 8 heteroatoms. The number of amidine groups is 1. The summed E-state index contributed by atoms with van der Waals surface area (Å²) < 4.78 is 6.37. The number of morpholine rings is 1. The Labute approximate surface area is 114 Å². The van der Waals surface area contributed by atoms with Crippen molar-refractivity contribution < 1.29 is 4.74 Å². The number of rotatable bonds is 2. The first-order valence-corrected chi connectivity index (χ1v) is 6.04. The average molecular weight is 284 g/mol. The summed E-state index contributed by atoms with van der Waals surface area (Å²) in [5.41, 5.74) is 6.38. The highest BCUT2D eigenvalue weighted by Gasteiger charge is 2.06. The third-order valence-electron chi connectivity index (χ3n) is 2.44. The Morgan fingerprint density at radius 3 is 3.21 bits per heavy atom. The van der Waals surface area contributed by atoms with E-state index in [1.807, 2.05) is 0 Å². The van der Waals surface area contributed by atoms with Gasteiger partial charge in [0.05, 0.1) is 13.2 Å². The number of hydrogen-bond acceptors (Lipinski definition) is 5. The van der Waals surface area contributed by atoms with Crippen molar-refractivity contribution in [1.29, 1.82) is 0 Å². The molecule has 0 saturated carbocycles. The molecular formula is C11H14ClN5O2. The van der Waals surface area contributed by atoms with Crippen LogP contribution in [-0.4, -0.2) is 35.4 Å². The molecule has 1 fully saturated rings. The van der Waals surface area contributed by atoms with Crippen LogP contribution in [0, 0.1) is 0 Å². The zero-order valence-corrected chi connectivity index (χ0v) is 11.1. The van der Waals surface area contributed by atoms with Crippen LogP contribution in [0.15, 0.2) is 27.6 Å². The summed E-state index contributed by atoms with van der Waals surface area (Å²) in [6, 6.07) is 1.38. The normalized spacial score (nSPS) is 18.4. The molecule has 0 spiro atoms. The predicted octanol–water partition coefficient (Wildman–Crippen LogP) is -0.0739. The molecule has 1 aliphatic rings. The van der Waals surface area contributed by atoms with Gasteiger partial charge in [0.25, 0.3) is 5.56 Å². The number of ether oxygens (including phenoxy) is 1. The lowest BCUT2D eigenvalue weighted by Crippen LogP contribution is -2.30. The molecule has 0 bridgehead atoms. The summed E-state index contributed by atoms with van der Waals surface area (Å²) in [6.45, 7) is 1.84. The average Bonchev–Trinajstić information content (AvgIpc) is 2.36. The second kappa shape index (κ2) is 5.85. The van der Waals surface area contributed by atoms with E-state index >= 15 is 0 Å². The van der Waals surface area contributed by atoms with E-state index in [0.717, 1.165) is 16.9 Å². The molecular weight excluding hydrogens is 270 g/mol. The summed E-state index contributed by atoms with van der Waals surface area (Å²) in [7, 11) is 1.50. The van der Waals surface area contributed by atoms with Gasteiger partial charge in [-0.3, -0.25) is 4.79 Å². The number of nitrogens with zero attached hydrogens (tertiary/aromatic N) is 3. The number of aliphatic imine (C=N–C) groups is 1. The van der Waals surface area contributed by atoms with Crippen LogP contribution < -0.4 is 16.6 Å². The molecule has 0 unspecified atom stereocenters. The highest BCUT2D eigenvalue weighted by molar-refractivity contribution is 6.29. The summed E-state index contributed by atoms with van der Waals surface area (Å²) in [5, 5.41) is 7.08. The van der Waals surface area contributed by atoms with E-state index in [-0.39, 0.29) is 22.2 Å². The van der Waals surface area contributed by atoms with Crippen molar-refractivity contribution in [3.05, 3.63) is 33.3 Å². The summed E-state index contributed by atoms with van der Waals surface area (Å²) in [4.78, 5) is 15.8. The van der Waals surface area contributed by atoms with Gasteiger partial charge in [0.15, 0.2) is 5.15 Å². The van der Waals surface area contributed by atoms with E-state index in [0.29, 0.717) is 13.2 Å². The Morgan fingerprint density at radius 1 is 1.74 bits per heavy atom. The molecule has 1 aromatic heterocycles. The van der Waals surface area contributed by atoms with E-state index in [1.54, 1.807) is 6.08 Å². The van der Waals surface area contributed by atoms with Gasteiger partial charge in [-0.2, -0.15) is 5.10 Å². The first-order valence-electron chi connectivity index (χ1n) is 5.66. The zero-order chi connectivity index (χ0) is 13.8. The van der Waals surface area contributed by atoms with Crippen molar-refractivity contribution >= 4 is 23.1 Å². The Balaban J connectivity index is 2.28.